The number of aryl methyl sites for hydroxylation is 1. The zero-order valence-corrected chi connectivity index (χ0v) is 11.1. The van der Waals surface area contributed by atoms with E-state index in [4.69, 9.17) is 10.00 Å². The molecule has 1 heterocycles. The van der Waals surface area contributed by atoms with Crippen LogP contribution >= 0.6 is 0 Å². The molecule has 0 spiro atoms. The largest absolute Gasteiger partial charge is 0.494 e. The van der Waals surface area contributed by atoms with Gasteiger partial charge in [0.1, 0.15) is 5.75 Å². The summed E-state index contributed by atoms with van der Waals surface area (Å²) in [6.07, 6.45) is 3.67. The Kier molecular flexibility index (Phi) is 4.22. The number of ether oxygens (including phenoxy) is 1. The SMILES string of the molecule is Cc1cc(OCCC2CCCN2C)ccc1C#N. The van der Waals surface area contributed by atoms with Crippen molar-refractivity contribution in [1.29, 1.82) is 5.26 Å². The van der Waals surface area contributed by atoms with Crippen LogP contribution in [0, 0.1) is 18.3 Å². The van der Waals surface area contributed by atoms with E-state index in [0.29, 0.717) is 6.04 Å². The Labute approximate surface area is 109 Å². The van der Waals surface area contributed by atoms with Crippen molar-refractivity contribution in [1.82, 2.24) is 4.90 Å². The van der Waals surface area contributed by atoms with Crippen LogP contribution in [0.5, 0.6) is 5.75 Å². The molecule has 1 unspecified atom stereocenters. The van der Waals surface area contributed by atoms with Gasteiger partial charge in [-0.05, 0) is 63.5 Å². The Morgan fingerprint density at radius 3 is 2.94 bits per heavy atom. The number of hydrogen-bond acceptors (Lipinski definition) is 3. The highest BCUT2D eigenvalue weighted by Crippen LogP contribution is 2.20. The zero-order chi connectivity index (χ0) is 13.0. The van der Waals surface area contributed by atoms with Crippen LogP contribution in [0.4, 0.5) is 0 Å². The minimum atomic E-state index is 0.671. The molecule has 0 aromatic heterocycles. The topological polar surface area (TPSA) is 36.3 Å². The molecule has 0 N–H and O–H groups in total. The molecule has 2 rings (SSSR count). The fourth-order valence-corrected chi connectivity index (χ4v) is 2.51. The predicted molar refractivity (Wildman–Crippen MR) is 71.7 cm³/mol. The molecule has 1 aromatic carbocycles. The molecule has 0 radical (unpaired) electrons. The maximum Gasteiger partial charge on any atom is 0.119 e. The van der Waals surface area contributed by atoms with Crippen molar-refractivity contribution in [3.63, 3.8) is 0 Å². The van der Waals surface area contributed by atoms with Gasteiger partial charge in [-0.2, -0.15) is 5.26 Å². The molecule has 0 saturated carbocycles. The number of nitrogens with zero attached hydrogens (tertiary/aromatic N) is 2. The first-order valence-corrected chi connectivity index (χ1v) is 6.54. The molecule has 1 fully saturated rings. The average Bonchev–Trinajstić information content (AvgIpc) is 2.75. The number of benzene rings is 1. The molecule has 0 aliphatic carbocycles. The van der Waals surface area contributed by atoms with Crippen molar-refractivity contribution < 1.29 is 4.74 Å². The summed E-state index contributed by atoms with van der Waals surface area (Å²) in [4.78, 5) is 2.41. The van der Waals surface area contributed by atoms with Crippen LogP contribution in [0.2, 0.25) is 0 Å². The lowest BCUT2D eigenvalue weighted by molar-refractivity contribution is 0.233. The van der Waals surface area contributed by atoms with E-state index in [2.05, 4.69) is 18.0 Å². The standard InChI is InChI=1S/C15H20N2O/c1-12-10-15(6-5-13(12)11-16)18-9-7-14-4-3-8-17(14)2/h5-6,10,14H,3-4,7-9H2,1-2H3. The second-order valence-electron chi connectivity index (χ2n) is 5.00. The number of hydrogen-bond donors (Lipinski definition) is 0. The van der Waals surface area contributed by atoms with Gasteiger partial charge in [-0.1, -0.05) is 0 Å². The minimum absolute atomic E-state index is 0.671. The molecule has 0 bridgehead atoms. The highest BCUT2D eigenvalue weighted by Gasteiger charge is 2.20. The molecule has 0 amide bonds. The maximum absolute atomic E-state index is 8.86. The van der Waals surface area contributed by atoms with Crippen molar-refractivity contribution in [3.8, 4) is 11.8 Å². The second-order valence-corrected chi connectivity index (χ2v) is 5.00. The van der Waals surface area contributed by atoms with Crippen molar-refractivity contribution >= 4 is 0 Å². The van der Waals surface area contributed by atoms with Crippen molar-refractivity contribution in [2.45, 2.75) is 32.2 Å². The Morgan fingerprint density at radius 2 is 2.33 bits per heavy atom. The lowest BCUT2D eigenvalue weighted by atomic mass is 10.1. The summed E-state index contributed by atoms with van der Waals surface area (Å²) in [6.45, 7) is 3.90. The summed E-state index contributed by atoms with van der Waals surface area (Å²) < 4.78 is 5.76. The lowest BCUT2D eigenvalue weighted by Gasteiger charge is -2.19. The molecule has 1 aliphatic rings. The molecule has 1 aromatic rings. The van der Waals surface area contributed by atoms with E-state index < -0.39 is 0 Å². The third-order valence-electron chi connectivity index (χ3n) is 3.71. The van der Waals surface area contributed by atoms with Gasteiger partial charge < -0.3 is 9.64 Å². The molecule has 1 atom stereocenters. The first-order chi connectivity index (χ1) is 8.70. The third kappa shape index (κ3) is 3.02. The van der Waals surface area contributed by atoms with Crippen LogP contribution in [0.1, 0.15) is 30.4 Å². The first-order valence-electron chi connectivity index (χ1n) is 6.54. The zero-order valence-electron chi connectivity index (χ0n) is 11.1. The Morgan fingerprint density at radius 1 is 1.50 bits per heavy atom. The van der Waals surface area contributed by atoms with E-state index in [-0.39, 0.29) is 0 Å². The average molecular weight is 244 g/mol. The normalized spacial score (nSPS) is 19.7. The molecule has 96 valence electrons. The summed E-state index contributed by atoms with van der Waals surface area (Å²) in [6, 6.07) is 8.48. The van der Waals surface area contributed by atoms with Crippen LogP contribution in [0.25, 0.3) is 0 Å². The summed E-state index contributed by atoms with van der Waals surface area (Å²) in [5.74, 6) is 0.868. The van der Waals surface area contributed by atoms with Gasteiger partial charge in [0, 0.05) is 6.04 Å². The Bertz CT molecular complexity index is 450. The fourth-order valence-electron chi connectivity index (χ4n) is 2.51. The smallest absolute Gasteiger partial charge is 0.119 e. The summed E-state index contributed by atoms with van der Waals surface area (Å²) in [5.41, 5.74) is 1.70. The first kappa shape index (κ1) is 12.9. The van der Waals surface area contributed by atoms with Gasteiger partial charge in [0.25, 0.3) is 0 Å². The number of rotatable bonds is 4. The van der Waals surface area contributed by atoms with Gasteiger partial charge in [-0.3, -0.25) is 0 Å². The van der Waals surface area contributed by atoms with Gasteiger partial charge in [0.15, 0.2) is 0 Å². The monoisotopic (exact) mass is 244 g/mol. The van der Waals surface area contributed by atoms with Gasteiger partial charge in [0.05, 0.1) is 18.2 Å². The van der Waals surface area contributed by atoms with Gasteiger partial charge in [-0.25, -0.2) is 0 Å². The van der Waals surface area contributed by atoms with Gasteiger partial charge in [-0.15, -0.1) is 0 Å². The molecule has 3 nitrogen and oxygen atoms in total. The number of nitriles is 1. The molecular weight excluding hydrogens is 224 g/mol. The van der Waals surface area contributed by atoms with E-state index >= 15 is 0 Å². The maximum atomic E-state index is 8.86. The summed E-state index contributed by atoms with van der Waals surface area (Å²) >= 11 is 0. The van der Waals surface area contributed by atoms with E-state index in [1.165, 1.54) is 19.4 Å². The Balaban J connectivity index is 1.83. The van der Waals surface area contributed by atoms with Crippen LogP contribution < -0.4 is 4.74 Å². The minimum Gasteiger partial charge on any atom is -0.494 e. The van der Waals surface area contributed by atoms with E-state index in [0.717, 1.165) is 29.9 Å². The van der Waals surface area contributed by atoms with Crippen molar-refractivity contribution in [2.24, 2.45) is 0 Å². The van der Waals surface area contributed by atoms with Crippen LogP contribution in [-0.2, 0) is 0 Å². The van der Waals surface area contributed by atoms with E-state index in [9.17, 15) is 0 Å². The highest BCUT2D eigenvalue weighted by molar-refractivity contribution is 5.41. The van der Waals surface area contributed by atoms with Crippen LogP contribution in [0.15, 0.2) is 18.2 Å². The molecule has 3 heteroatoms. The number of likely N-dealkylation sites (tertiary alicyclic amines) is 1. The fraction of sp³-hybridized carbons (Fsp3) is 0.533. The molecule has 1 aliphatic heterocycles. The second kappa shape index (κ2) is 5.88. The molecule has 1 saturated heterocycles. The predicted octanol–water partition coefficient (Wildman–Crippen LogP) is 2.73. The van der Waals surface area contributed by atoms with Crippen molar-refractivity contribution in [3.05, 3.63) is 29.3 Å². The quantitative estimate of drug-likeness (QED) is 0.817. The van der Waals surface area contributed by atoms with Crippen LogP contribution in [-0.4, -0.2) is 31.1 Å². The Hall–Kier alpha value is -1.53. The summed E-state index contributed by atoms with van der Waals surface area (Å²) in [5, 5.41) is 8.86. The van der Waals surface area contributed by atoms with Crippen LogP contribution in [0.3, 0.4) is 0 Å². The van der Waals surface area contributed by atoms with Gasteiger partial charge in [0.2, 0.25) is 0 Å². The highest BCUT2D eigenvalue weighted by atomic mass is 16.5. The van der Waals surface area contributed by atoms with E-state index in [1.807, 2.05) is 25.1 Å². The summed E-state index contributed by atoms with van der Waals surface area (Å²) in [7, 11) is 2.18. The van der Waals surface area contributed by atoms with Gasteiger partial charge >= 0.3 is 0 Å². The van der Waals surface area contributed by atoms with E-state index in [1.54, 1.807) is 0 Å². The molecule has 18 heavy (non-hydrogen) atoms. The third-order valence-corrected chi connectivity index (χ3v) is 3.71. The molecular formula is C15H20N2O. The van der Waals surface area contributed by atoms with Crippen molar-refractivity contribution in [2.75, 3.05) is 20.2 Å². The lowest BCUT2D eigenvalue weighted by Crippen LogP contribution is -2.26.